The number of anilines is 1. The molecule has 2 aromatic carbocycles. The lowest BCUT2D eigenvalue weighted by atomic mass is 10.2. The molecule has 0 bridgehead atoms. The number of para-hydroxylation sites is 1. The van der Waals surface area contributed by atoms with Crippen LogP contribution >= 0.6 is 15.9 Å². The molecule has 0 radical (unpaired) electrons. The summed E-state index contributed by atoms with van der Waals surface area (Å²) in [5, 5.41) is 0. The van der Waals surface area contributed by atoms with Gasteiger partial charge in [0.05, 0.1) is 11.4 Å². The summed E-state index contributed by atoms with van der Waals surface area (Å²) in [6.07, 6.45) is 0. The molecule has 0 unspecified atom stereocenters. The first kappa shape index (κ1) is 18.9. The number of halogens is 1. The SMILES string of the molecule is O=C(CNS(=O)(=O)c1ccc(Br)cc1)N1CCN(c2ccccc2)CC1. The van der Waals surface area contributed by atoms with Gasteiger partial charge in [-0.1, -0.05) is 34.1 Å². The van der Waals surface area contributed by atoms with Gasteiger partial charge in [-0.2, -0.15) is 0 Å². The van der Waals surface area contributed by atoms with E-state index in [1.54, 1.807) is 17.0 Å². The van der Waals surface area contributed by atoms with Gasteiger partial charge in [-0.05, 0) is 36.4 Å². The Morgan fingerprint density at radius 3 is 2.19 bits per heavy atom. The smallest absolute Gasteiger partial charge is 0.241 e. The van der Waals surface area contributed by atoms with Gasteiger partial charge < -0.3 is 9.80 Å². The Morgan fingerprint density at radius 2 is 1.58 bits per heavy atom. The third-order valence-electron chi connectivity index (χ3n) is 4.29. The van der Waals surface area contributed by atoms with Gasteiger partial charge in [-0.25, -0.2) is 13.1 Å². The normalized spacial score (nSPS) is 15.1. The molecule has 1 amide bonds. The molecule has 1 aliphatic heterocycles. The van der Waals surface area contributed by atoms with E-state index in [-0.39, 0.29) is 17.3 Å². The molecule has 2 aromatic rings. The summed E-state index contributed by atoms with van der Waals surface area (Å²) in [7, 11) is -3.69. The van der Waals surface area contributed by atoms with E-state index >= 15 is 0 Å². The molecule has 6 nitrogen and oxygen atoms in total. The third-order valence-corrected chi connectivity index (χ3v) is 6.24. The van der Waals surface area contributed by atoms with Crippen LogP contribution in [0.3, 0.4) is 0 Å². The summed E-state index contributed by atoms with van der Waals surface area (Å²) >= 11 is 3.27. The molecule has 1 aliphatic rings. The number of amides is 1. The Bertz CT molecular complexity index is 849. The fourth-order valence-corrected chi connectivity index (χ4v) is 4.06. The molecule has 26 heavy (non-hydrogen) atoms. The van der Waals surface area contributed by atoms with Crippen LogP contribution < -0.4 is 9.62 Å². The van der Waals surface area contributed by atoms with Crippen molar-refractivity contribution < 1.29 is 13.2 Å². The number of hydrogen-bond acceptors (Lipinski definition) is 4. The van der Waals surface area contributed by atoms with Crippen LogP contribution in [0, 0.1) is 0 Å². The summed E-state index contributed by atoms with van der Waals surface area (Å²) in [6.45, 7) is 2.38. The van der Waals surface area contributed by atoms with E-state index in [2.05, 4.69) is 25.6 Å². The van der Waals surface area contributed by atoms with Crippen molar-refractivity contribution in [2.75, 3.05) is 37.6 Å². The van der Waals surface area contributed by atoms with Gasteiger partial charge in [-0.3, -0.25) is 4.79 Å². The highest BCUT2D eigenvalue weighted by Crippen LogP contribution is 2.16. The standard InChI is InChI=1S/C18H20BrN3O3S/c19-15-6-8-17(9-7-15)26(24,25)20-14-18(23)22-12-10-21(11-13-22)16-4-2-1-3-5-16/h1-9,20H,10-14H2. The van der Waals surface area contributed by atoms with Gasteiger partial charge >= 0.3 is 0 Å². The number of sulfonamides is 1. The van der Waals surface area contributed by atoms with Gasteiger partial charge in [0.15, 0.2) is 0 Å². The van der Waals surface area contributed by atoms with Crippen molar-refractivity contribution >= 4 is 37.5 Å². The molecule has 1 fully saturated rings. The minimum absolute atomic E-state index is 0.141. The highest BCUT2D eigenvalue weighted by atomic mass is 79.9. The second-order valence-electron chi connectivity index (χ2n) is 5.98. The summed E-state index contributed by atoms with van der Waals surface area (Å²) in [4.78, 5) is 16.4. The number of piperazine rings is 1. The number of hydrogen-bond donors (Lipinski definition) is 1. The molecule has 1 heterocycles. The number of benzene rings is 2. The minimum Gasteiger partial charge on any atom is -0.368 e. The molecular formula is C18H20BrN3O3S. The summed E-state index contributed by atoms with van der Waals surface area (Å²) in [5.74, 6) is -0.210. The predicted octanol–water partition coefficient (Wildman–Crippen LogP) is 2.08. The first-order valence-electron chi connectivity index (χ1n) is 8.29. The Morgan fingerprint density at radius 1 is 0.962 bits per heavy atom. The second kappa shape index (κ2) is 8.20. The Hall–Kier alpha value is -1.90. The van der Waals surface area contributed by atoms with E-state index in [9.17, 15) is 13.2 Å². The van der Waals surface area contributed by atoms with Crippen LogP contribution in [0.1, 0.15) is 0 Å². The van der Waals surface area contributed by atoms with Crippen molar-refractivity contribution in [3.05, 3.63) is 59.1 Å². The fraction of sp³-hybridized carbons (Fsp3) is 0.278. The van der Waals surface area contributed by atoms with Crippen molar-refractivity contribution in [1.29, 1.82) is 0 Å². The highest BCUT2D eigenvalue weighted by Gasteiger charge is 2.23. The maximum Gasteiger partial charge on any atom is 0.241 e. The van der Waals surface area contributed by atoms with Crippen LogP contribution in [0.25, 0.3) is 0 Å². The zero-order valence-electron chi connectivity index (χ0n) is 14.1. The molecule has 0 aliphatic carbocycles. The van der Waals surface area contributed by atoms with E-state index in [4.69, 9.17) is 0 Å². The first-order valence-corrected chi connectivity index (χ1v) is 10.6. The fourth-order valence-electron chi connectivity index (χ4n) is 2.82. The summed E-state index contributed by atoms with van der Waals surface area (Å²) in [6, 6.07) is 16.3. The zero-order chi connectivity index (χ0) is 18.6. The lowest BCUT2D eigenvalue weighted by Crippen LogP contribution is -2.51. The number of carbonyl (C=O) groups excluding carboxylic acids is 1. The average molecular weight is 438 g/mol. The quantitative estimate of drug-likeness (QED) is 0.776. The second-order valence-corrected chi connectivity index (χ2v) is 8.66. The van der Waals surface area contributed by atoms with E-state index in [0.717, 1.165) is 23.2 Å². The van der Waals surface area contributed by atoms with Gasteiger partial charge in [0, 0.05) is 36.3 Å². The van der Waals surface area contributed by atoms with Crippen molar-refractivity contribution in [1.82, 2.24) is 9.62 Å². The molecule has 0 aromatic heterocycles. The van der Waals surface area contributed by atoms with Crippen molar-refractivity contribution in [3.63, 3.8) is 0 Å². The highest BCUT2D eigenvalue weighted by molar-refractivity contribution is 9.10. The van der Waals surface area contributed by atoms with Crippen LogP contribution in [0.4, 0.5) is 5.69 Å². The van der Waals surface area contributed by atoms with Crippen LogP contribution in [0.5, 0.6) is 0 Å². The van der Waals surface area contributed by atoms with Crippen LogP contribution in [0.2, 0.25) is 0 Å². The lowest BCUT2D eigenvalue weighted by molar-refractivity contribution is -0.130. The van der Waals surface area contributed by atoms with Gasteiger partial charge in [0.2, 0.25) is 15.9 Å². The number of nitrogens with one attached hydrogen (secondary N) is 1. The molecule has 3 rings (SSSR count). The summed E-state index contributed by atoms with van der Waals surface area (Å²) < 4.78 is 27.7. The van der Waals surface area contributed by atoms with Crippen LogP contribution in [0.15, 0.2) is 64.0 Å². The third kappa shape index (κ3) is 4.63. The molecule has 138 valence electrons. The van der Waals surface area contributed by atoms with E-state index in [0.29, 0.717) is 13.1 Å². The average Bonchev–Trinajstić information content (AvgIpc) is 2.67. The minimum atomic E-state index is -3.69. The zero-order valence-corrected chi connectivity index (χ0v) is 16.5. The molecule has 1 N–H and O–H groups in total. The number of carbonyl (C=O) groups is 1. The van der Waals surface area contributed by atoms with Crippen molar-refractivity contribution in [2.24, 2.45) is 0 Å². The summed E-state index contributed by atoms with van der Waals surface area (Å²) in [5.41, 5.74) is 1.13. The maximum atomic E-state index is 12.3. The Labute approximate surface area is 162 Å². The molecule has 1 saturated heterocycles. The van der Waals surface area contributed by atoms with E-state index in [1.165, 1.54) is 12.1 Å². The van der Waals surface area contributed by atoms with Crippen molar-refractivity contribution in [2.45, 2.75) is 4.90 Å². The number of rotatable bonds is 5. The van der Waals surface area contributed by atoms with Crippen molar-refractivity contribution in [3.8, 4) is 0 Å². The van der Waals surface area contributed by atoms with E-state index < -0.39 is 10.0 Å². The molecular weight excluding hydrogens is 418 g/mol. The van der Waals surface area contributed by atoms with Gasteiger partial charge in [0.25, 0.3) is 0 Å². The van der Waals surface area contributed by atoms with Crippen LogP contribution in [-0.2, 0) is 14.8 Å². The topological polar surface area (TPSA) is 69.7 Å². The Kier molecular flexibility index (Phi) is 5.95. The molecule has 0 saturated carbocycles. The van der Waals surface area contributed by atoms with Crippen LogP contribution in [-0.4, -0.2) is 51.9 Å². The molecule has 0 spiro atoms. The largest absolute Gasteiger partial charge is 0.368 e. The monoisotopic (exact) mass is 437 g/mol. The Balaban J connectivity index is 1.52. The maximum absolute atomic E-state index is 12.3. The predicted molar refractivity (Wildman–Crippen MR) is 105 cm³/mol. The first-order chi connectivity index (χ1) is 12.5. The lowest BCUT2D eigenvalue weighted by Gasteiger charge is -2.36. The van der Waals surface area contributed by atoms with Gasteiger partial charge in [-0.15, -0.1) is 0 Å². The molecule has 8 heteroatoms. The van der Waals surface area contributed by atoms with E-state index in [1.807, 2.05) is 30.3 Å². The van der Waals surface area contributed by atoms with Gasteiger partial charge in [0.1, 0.15) is 0 Å². The molecule has 0 atom stereocenters. The number of nitrogens with zero attached hydrogens (tertiary/aromatic N) is 2.